The Morgan fingerprint density at radius 2 is 1.68 bits per heavy atom. The van der Waals surface area contributed by atoms with Crippen LogP contribution in [0.3, 0.4) is 0 Å². The fraction of sp³-hybridized carbons (Fsp3) is 0.188. The highest BCUT2D eigenvalue weighted by Crippen LogP contribution is 2.33. The van der Waals surface area contributed by atoms with Crippen molar-refractivity contribution in [2.45, 2.75) is 12.6 Å². The van der Waals surface area contributed by atoms with Crippen LogP contribution in [0.5, 0.6) is 0 Å². The lowest BCUT2D eigenvalue weighted by Crippen LogP contribution is -2.40. The number of hydrogen-bond donors (Lipinski definition) is 1. The Hall–Kier alpha value is -5.10. The highest BCUT2D eigenvalue weighted by molar-refractivity contribution is 5.98. The molecule has 4 heterocycles. The Morgan fingerprint density at radius 3 is 2.41 bits per heavy atom. The topological polar surface area (TPSA) is 88.8 Å². The number of amides is 2. The number of carbonyl (C=O) groups is 2. The minimum Gasteiger partial charge on any atom is -0.378 e. The number of alkyl halides is 3. The minimum absolute atomic E-state index is 0.0524. The molecule has 0 aliphatic carbocycles. The van der Waals surface area contributed by atoms with Gasteiger partial charge in [-0.15, -0.1) is 0 Å². The van der Waals surface area contributed by atoms with Crippen molar-refractivity contribution in [1.82, 2.24) is 19.3 Å². The lowest BCUT2D eigenvalue weighted by molar-refractivity contribution is -0.137. The molecule has 2 aromatic carbocycles. The molecule has 0 saturated carbocycles. The quantitative estimate of drug-likeness (QED) is 0.245. The zero-order valence-corrected chi connectivity index (χ0v) is 23.1. The average Bonchev–Trinajstić information content (AvgIpc) is 3.45. The Balaban J connectivity index is 1.19. The molecule has 0 atom stereocenters. The summed E-state index contributed by atoms with van der Waals surface area (Å²) in [6.45, 7) is 1.05. The van der Waals surface area contributed by atoms with E-state index in [1.54, 1.807) is 24.7 Å². The molecule has 0 unspecified atom stereocenters. The van der Waals surface area contributed by atoms with Crippen molar-refractivity contribution in [2.24, 2.45) is 0 Å². The largest absolute Gasteiger partial charge is 0.416 e. The van der Waals surface area contributed by atoms with Crippen molar-refractivity contribution in [2.75, 3.05) is 31.6 Å². The second-order valence-corrected chi connectivity index (χ2v) is 10.3. The molecule has 0 bridgehead atoms. The molecule has 1 fully saturated rings. The fourth-order valence-electron chi connectivity index (χ4n) is 5.08. The van der Waals surface area contributed by atoms with Gasteiger partial charge in [-0.2, -0.15) is 13.2 Å². The molecule has 2 amide bonds. The molecule has 5 aromatic rings. The molecule has 44 heavy (non-hydrogen) atoms. The van der Waals surface area contributed by atoms with Gasteiger partial charge in [-0.05, 0) is 65.2 Å². The van der Waals surface area contributed by atoms with Crippen molar-refractivity contribution in [3.8, 4) is 22.4 Å². The van der Waals surface area contributed by atoms with Gasteiger partial charge in [0.25, 0.3) is 5.91 Å². The number of halogens is 4. The van der Waals surface area contributed by atoms with E-state index >= 15 is 4.39 Å². The Morgan fingerprint density at radius 1 is 0.909 bits per heavy atom. The van der Waals surface area contributed by atoms with E-state index < -0.39 is 35.8 Å². The van der Waals surface area contributed by atoms with Gasteiger partial charge < -0.3 is 15.0 Å². The Labute approximate surface area is 248 Å². The third kappa shape index (κ3) is 6.16. The monoisotopic (exact) mass is 603 g/mol. The van der Waals surface area contributed by atoms with E-state index in [1.807, 2.05) is 34.9 Å². The van der Waals surface area contributed by atoms with Crippen molar-refractivity contribution in [3.63, 3.8) is 0 Å². The molecular weight excluding hydrogens is 578 g/mol. The van der Waals surface area contributed by atoms with Gasteiger partial charge in [-0.3, -0.25) is 19.0 Å². The number of morpholine rings is 1. The molecule has 0 radical (unpaired) electrons. The first-order valence-electron chi connectivity index (χ1n) is 13.7. The third-order valence-corrected chi connectivity index (χ3v) is 7.32. The van der Waals surface area contributed by atoms with Crippen molar-refractivity contribution in [1.29, 1.82) is 0 Å². The highest BCUT2D eigenvalue weighted by Gasteiger charge is 2.33. The summed E-state index contributed by atoms with van der Waals surface area (Å²) in [7, 11) is 0. The summed E-state index contributed by atoms with van der Waals surface area (Å²) >= 11 is 0. The summed E-state index contributed by atoms with van der Waals surface area (Å²) < 4.78 is 63.1. The number of nitrogens with zero attached hydrogens (tertiary/aromatic N) is 4. The van der Waals surface area contributed by atoms with Crippen LogP contribution in [0.25, 0.3) is 28.0 Å². The van der Waals surface area contributed by atoms with Crippen LogP contribution < -0.4 is 5.32 Å². The van der Waals surface area contributed by atoms with Crippen LogP contribution in [0.4, 0.5) is 23.2 Å². The minimum atomic E-state index is -4.75. The van der Waals surface area contributed by atoms with Crippen LogP contribution in [-0.4, -0.2) is 57.4 Å². The number of pyridine rings is 2. The van der Waals surface area contributed by atoms with E-state index in [2.05, 4.69) is 15.3 Å². The average molecular weight is 604 g/mol. The number of carbonyl (C=O) groups excluding carboxylic acids is 2. The number of rotatable bonds is 6. The number of fused-ring (bicyclic) bond motifs is 1. The van der Waals surface area contributed by atoms with E-state index in [4.69, 9.17) is 4.74 Å². The van der Waals surface area contributed by atoms with Crippen LogP contribution in [0.2, 0.25) is 0 Å². The Kier molecular flexibility index (Phi) is 7.83. The zero-order chi connectivity index (χ0) is 30.8. The lowest BCUT2D eigenvalue weighted by atomic mass is 10.0. The first-order valence-corrected chi connectivity index (χ1v) is 13.7. The zero-order valence-electron chi connectivity index (χ0n) is 23.1. The number of ether oxygens (including phenoxy) is 1. The fourth-order valence-corrected chi connectivity index (χ4v) is 5.08. The number of anilines is 1. The molecule has 6 rings (SSSR count). The van der Waals surface area contributed by atoms with Crippen LogP contribution in [0.15, 0.2) is 85.5 Å². The molecule has 1 aliphatic rings. The van der Waals surface area contributed by atoms with Crippen LogP contribution in [0.1, 0.15) is 21.5 Å². The van der Waals surface area contributed by atoms with Crippen molar-refractivity contribution in [3.05, 3.63) is 108 Å². The summed E-state index contributed by atoms with van der Waals surface area (Å²) in [6, 6.07) is 14.7. The molecule has 1 aliphatic heterocycles. The summed E-state index contributed by atoms with van der Waals surface area (Å²) in [5.74, 6) is -2.00. The number of imidazole rings is 1. The van der Waals surface area contributed by atoms with Gasteiger partial charge >= 0.3 is 6.18 Å². The van der Waals surface area contributed by atoms with Gasteiger partial charge in [0.2, 0.25) is 5.91 Å². The number of nitrogens with one attached hydrogen (secondary N) is 1. The van der Waals surface area contributed by atoms with E-state index in [0.29, 0.717) is 16.9 Å². The first kappa shape index (κ1) is 29.0. The maximum Gasteiger partial charge on any atom is 0.416 e. The van der Waals surface area contributed by atoms with Crippen LogP contribution in [-0.2, 0) is 22.1 Å². The molecule has 1 saturated heterocycles. The normalized spacial score (nSPS) is 13.7. The van der Waals surface area contributed by atoms with Gasteiger partial charge in [0.1, 0.15) is 11.5 Å². The standard InChI is InChI=1S/C32H25F4N5O3/c33-27-15-23(28-19-38-29-16-21(5-8-41(28)29)20-3-6-37-7-4-20)2-1-22(27)17-30(42)39-26-14-24(13-25(18-26)32(34,35)36)31(43)40-9-11-44-12-10-40/h1-8,13-16,18-19H,9-12,17H2,(H,39,42). The number of aromatic nitrogens is 3. The predicted molar refractivity (Wildman–Crippen MR) is 154 cm³/mol. The smallest absolute Gasteiger partial charge is 0.378 e. The molecule has 1 N–H and O–H groups in total. The first-order chi connectivity index (χ1) is 21.2. The van der Waals surface area contributed by atoms with Crippen LogP contribution >= 0.6 is 0 Å². The third-order valence-electron chi connectivity index (χ3n) is 7.32. The molecule has 3 aromatic heterocycles. The second-order valence-electron chi connectivity index (χ2n) is 10.3. The van der Waals surface area contributed by atoms with Gasteiger partial charge in [-0.25, -0.2) is 9.37 Å². The molecule has 12 heteroatoms. The SMILES string of the molecule is O=C(Cc1ccc(-c2cnc3cc(-c4ccncc4)ccn23)cc1F)Nc1cc(C(=O)N2CCOCC2)cc(C(F)(F)F)c1. The summed E-state index contributed by atoms with van der Waals surface area (Å²) in [4.78, 5) is 35.6. The molecule has 8 nitrogen and oxygen atoms in total. The second kappa shape index (κ2) is 11.9. The Bertz CT molecular complexity index is 1850. The lowest BCUT2D eigenvalue weighted by Gasteiger charge is -2.27. The number of hydrogen-bond acceptors (Lipinski definition) is 5. The van der Waals surface area contributed by atoms with E-state index in [0.717, 1.165) is 23.3 Å². The molecule has 224 valence electrons. The summed E-state index contributed by atoms with van der Waals surface area (Å²) in [6.07, 6.45) is 1.67. The van der Waals surface area contributed by atoms with Gasteiger partial charge in [-0.1, -0.05) is 12.1 Å². The predicted octanol–water partition coefficient (Wildman–Crippen LogP) is 5.87. The summed E-state index contributed by atoms with van der Waals surface area (Å²) in [5.41, 5.74) is 2.29. The summed E-state index contributed by atoms with van der Waals surface area (Å²) in [5, 5.41) is 2.39. The number of benzene rings is 2. The van der Waals surface area contributed by atoms with Gasteiger partial charge in [0.15, 0.2) is 0 Å². The van der Waals surface area contributed by atoms with E-state index in [9.17, 15) is 22.8 Å². The maximum absolute atomic E-state index is 15.2. The van der Waals surface area contributed by atoms with Crippen molar-refractivity contribution < 1.29 is 31.9 Å². The van der Waals surface area contributed by atoms with Crippen molar-refractivity contribution >= 4 is 23.1 Å². The van der Waals surface area contributed by atoms with E-state index in [-0.39, 0.29) is 43.1 Å². The van der Waals surface area contributed by atoms with E-state index in [1.165, 1.54) is 23.1 Å². The van der Waals surface area contributed by atoms with Gasteiger partial charge in [0, 0.05) is 48.5 Å². The molecule has 0 spiro atoms. The highest BCUT2D eigenvalue weighted by atomic mass is 19.4. The molecular formula is C32H25F4N5O3. The van der Waals surface area contributed by atoms with Gasteiger partial charge in [0.05, 0.1) is 37.1 Å². The maximum atomic E-state index is 15.2. The van der Waals surface area contributed by atoms with Crippen LogP contribution in [0, 0.1) is 5.82 Å².